The summed E-state index contributed by atoms with van der Waals surface area (Å²) in [6, 6.07) is 4.61. The Morgan fingerprint density at radius 2 is 2.19 bits per heavy atom. The molecule has 2 rings (SSSR count). The monoisotopic (exact) mass is 291 g/mol. The Kier molecular flexibility index (Phi) is 4.77. The van der Waals surface area contributed by atoms with E-state index in [1.807, 2.05) is 6.92 Å². The van der Waals surface area contributed by atoms with Gasteiger partial charge in [-0.25, -0.2) is 0 Å². The lowest BCUT2D eigenvalue weighted by Crippen LogP contribution is -2.37. The van der Waals surface area contributed by atoms with Crippen LogP contribution in [0.1, 0.15) is 36.5 Å². The SMILES string of the molecule is CCN(CC1CCC1)C(=O)c1cccc([N+](=O)[O-])c1NC. The van der Waals surface area contributed by atoms with E-state index >= 15 is 0 Å². The fourth-order valence-corrected chi connectivity index (χ4v) is 2.65. The molecule has 0 aromatic heterocycles. The summed E-state index contributed by atoms with van der Waals surface area (Å²) in [5.74, 6) is 0.433. The Balaban J connectivity index is 2.28. The second-order valence-corrected chi connectivity index (χ2v) is 5.35. The van der Waals surface area contributed by atoms with Crippen LogP contribution in [0.5, 0.6) is 0 Å². The molecule has 0 bridgehead atoms. The molecule has 1 amide bonds. The maximum atomic E-state index is 12.7. The minimum atomic E-state index is -0.467. The van der Waals surface area contributed by atoms with Crippen LogP contribution in [0.4, 0.5) is 11.4 Å². The van der Waals surface area contributed by atoms with Gasteiger partial charge in [-0.1, -0.05) is 12.5 Å². The van der Waals surface area contributed by atoms with Crippen molar-refractivity contribution < 1.29 is 9.72 Å². The molecule has 1 aromatic carbocycles. The summed E-state index contributed by atoms with van der Waals surface area (Å²) >= 11 is 0. The molecule has 1 saturated carbocycles. The zero-order valence-corrected chi connectivity index (χ0v) is 12.5. The summed E-state index contributed by atoms with van der Waals surface area (Å²) in [4.78, 5) is 25.1. The molecule has 21 heavy (non-hydrogen) atoms. The molecule has 1 N–H and O–H groups in total. The number of amides is 1. The van der Waals surface area contributed by atoms with Gasteiger partial charge in [-0.2, -0.15) is 0 Å². The highest BCUT2D eigenvalue weighted by atomic mass is 16.6. The summed E-state index contributed by atoms with van der Waals surface area (Å²) < 4.78 is 0. The first-order chi connectivity index (χ1) is 10.1. The molecule has 0 heterocycles. The lowest BCUT2D eigenvalue weighted by atomic mass is 9.85. The fraction of sp³-hybridized carbons (Fsp3) is 0.533. The molecular formula is C15H21N3O3. The van der Waals surface area contributed by atoms with Gasteiger partial charge in [0.1, 0.15) is 5.69 Å². The van der Waals surface area contributed by atoms with Gasteiger partial charge in [-0.15, -0.1) is 0 Å². The Bertz CT molecular complexity index is 541. The first kappa shape index (κ1) is 15.3. The fourth-order valence-electron chi connectivity index (χ4n) is 2.65. The van der Waals surface area contributed by atoms with E-state index in [1.165, 1.54) is 12.5 Å². The lowest BCUT2D eigenvalue weighted by molar-refractivity contribution is -0.384. The zero-order valence-electron chi connectivity index (χ0n) is 12.5. The van der Waals surface area contributed by atoms with Gasteiger partial charge in [0.25, 0.3) is 11.6 Å². The van der Waals surface area contributed by atoms with E-state index in [-0.39, 0.29) is 11.6 Å². The Morgan fingerprint density at radius 3 is 2.67 bits per heavy atom. The summed E-state index contributed by atoms with van der Waals surface area (Å²) in [6.07, 6.45) is 3.56. The number of carbonyl (C=O) groups is 1. The van der Waals surface area contributed by atoms with Crippen LogP contribution >= 0.6 is 0 Å². The lowest BCUT2D eigenvalue weighted by Gasteiger charge is -2.32. The van der Waals surface area contributed by atoms with Crippen molar-refractivity contribution in [1.29, 1.82) is 0 Å². The van der Waals surface area contributed by atoms with Crippen LogP contribution in [0.25, 0.3) is 0 Å². The number of nitro groups is 1. The van der Waals surface area contributed by atoms with Crippen molar-refractivity contribution in [1.82, 2.24) is 4.90 Å². The van der Waals surface area contributed by atoms with Crippen LogP contribution < -0.4 is 5.32 Å². The Labute approximate surface area is 124 Å². The van der Waals surface area contributed by atoms with Crippen LogP contribution in [0.3, 0.4) is 0 Å². The molecule has 0 saturated heterocycles. The number of anilines is 1. The molecule has 0 unspecified atom stereocenters. The van der Waals surface area contributed by atoms with Gasteiger partial charge in [-0.3, -0.25) is 14.9 Å². The third kappa shape index (κ3) is 3.15. The smallest absolute Gasteiger partial charge is 0.293 e. The van der Waals surface area contributed by atoms with Gasteiger partial charge in [0.15, 0.2) is 0 Å². The molecular weight excluding hydrogens is 270 g/mol. The molecule has 0 radical (unpaired) electrons. The van der Waals surface area contributed by atoms with Gasteiger partial charge >= 0.3 is 0 Å². The van der Waals surface area contributed by atoms with Gasteiger partial charge < -0.3 is 10.2 Å². The van der Waals surface area contributed by atoms with Crippen molar-refractivity contribution >= 4 is 17.3 Å². The van der Waals surface area contributed by atoms with Crippen molar-refractivity contribution in [3.8, 4) is 0 Å². The van der Waals surface area contributed by atoms with E-state index in [1.54, 1.807) is 24.1 Å². The molecule has 1 aliphatic carbocycles. The highest BCUT2D eigenvalue weighted by Gasteiger charge is 2.27. The number of benzene rings is 1. The van der Waals surface area contributed by atoms with Crippen molar-refractivity contribution in [2.45, 2.75) is 26.2 Å². The average Bonchev–Trinajstić information content (AvgIpc) is 2.44. The van der Waals surface area contributed by atoms with Crippen molar-refractivity contribution in [3.05, 3.63) is 33.9 Å². The highest BCUT2D eigenvalue weighted by molar-refractivity contribution is 6.01. The standard InChI is InChI=1S/C15H21N3O3/c1-3-17(10-11-6-4-7-11)15(19)12-8-5-9-13(18(20)21)14(12)16-2/h5,8-9,11,16H,3-4,6-7,10H2,1-2H3. The first-order valence-electron chi connectivity index (χ1n) is 7.32. The summed E-state index contributed by atoms with van der Waals surface area (Å²) in [5, 5.41) is 13.9. The minimum Gasteiger partial charge on any atom is -0.382 e. The molecule has 6 nitrogen and oxygen atoms in total. The van der Waals surface area contributed by atoms with E-state index < -0.39 is 4.92 Å². The number of carbonyl (C=O) groups excluding carboxylic acids is 1. The van der Waals surface area contributed by atoms with E-state index in [0.29, 0.717) is 23.7 Å². The number of nitrogens with zero attached hydrogens (tertiary/aromatic N) is 2. The Morgan fingerprint density at radius 1 is 1.48 bits per heavy atom. The third-order valence-corrected chi connectivity index (χ3v) is 4.09. The molecule has 114 valence electrons. The zero-order chi connectivity index (χ0) is 15.4. The highest BCUT2D eigenvalue weighted by Crippen LogP contribution is 2.31. The molecule has 1 aliphatic rings. The van der Waals surface area contributed by atoms with Crippen LogP contribution in [0, 0.1) is 16.0 Å². The maximum absolute atomic E-state index is 12.7. The average molecular weight is 291 g/mol. The van der Waals surface area contributed by atoms with Crippen LogP contribution in [-0.2, 0) is 0 Å². The van der Waals surface area contributed by atoms with Crippen LogP contribution in [0.15, 0.2) is 18.2 Å². The molecule has 1 aromatic rings. The normalized spacial score (nSPS) is 14.4. The molecule has 1 fully saturated rings. The predicted molar refractivity (Wildman–Crippen MR) is 81.6 cm³/mol. The second-order valence-electron chi connectivity index (χ2n) is 5.35. The summed E-state index contributed by atoms with van der Waals surface area (Å²) in [6.45, 7) is 3.29. The molecule has 6 heteroatoms. The van der Waals surface area contributed by atoms with E-state index in [2.05, 4.69) is 5.32 Å². The number of nitro benzene ring substituents is 1. The first-order valence-corrected chi connectivity index (χ1v) is 7.32. The molecule has 0 aliphatic heterocycles. The van der Waals surface area contributed by atoms with E-state index in [0.717, 1.165) is 19.4 Å². The largest absolute Gasteiger partial charge is 0.382 e. The summed E-state index contributed by atoms with van der Waals surface area (Å²) in [7, 11) is 1.60. The van der Waals surface area contributed by atoms with Crippen molar-refractivity contribution in [2.24, 2.45) is 5.92 Å². The van der Waals surface area contributed by atoms with Crippen LogP contribution in [-0.4, -0.2) is 35.9 Å². The van der Waals surface area contributed by atoms with Gasteiger partial charge in [0.2, 0.25) is 0 Å². The van der Waals surface area contributed by atoms with Crippen molar-refractivity contribution in [2.75, 3.05) is 25.5 Å². The Hall–Kier alpha value is -2.11. The number of para-hydroxylation sites is 1. The third-order valence-electron chi connectivity index (χ3n) is 4.09. The predicted octanol–water partition coefficient (Wildman–Crippen LogP) is 2.90. The number of hydrogen-bond donors (Lipinski definition) is 1. The maximum Gasteiger partial charge on any atom is 0.293 e. The van der Waals surface area contributed by atoms with Crippen molar-refractivity contribution in [3.63, 3.8) is 0 Å². The second kappa shape index (κ2) is 6.56. The van der Waals surface area contributed by atoms with Crippen LogP contribution in [0.2, 0.25) is 0 Å². The van der Waals surface area contributed by atoms with E-state index in [9.17, 15) is 14.9 Å². The minimum absolute atomic E-state index is 0.0666. The number of hydrogen-bond acceptors (Lipinski definition) is 4. The van der Waals surface area contributed by atoms with Gasteiger partial charge in [0.05, 0.1) is 10.5 Å². The van der Waals surface area contributed by atoms with Gasteiger partial charge in [-0.05, 0) is 31.7 Å². The molecule has 0 atom stereocenters. The van der Waals surface area contributed by atoms with E-state index in [4.69, 9.17) is 0 Å². The molecule has 0 spiro atoms. The number of nitrogens with one attached hydrogen (secondary N) is 1. The van der Waals surface area contributed by atoms with Gasteiger partial charge in [0, 0.05) is 26.2 Å². The summed E-state index contributed by atoms with van der Waals surface area (Å²) in [5.41, 5.74) is 0.593. The number of rotatable bonds is 6. The quantitative estimate of drug-likeness (QED) is 0.646. The topological polar surface area (TPSA) is 75.5 Å².